The number of carbonyl (C=O) groups is 2. The summed E-state index contributed by atoms with van der Waals surface area (Å²) in [5.74, 6) is -0.444. The predicted molar refractivity (Wildman–Crippen MR) is 150 cm³/mol. The average molecular weight is 585 g/mol. The topological polar surface area (TPSA) is 151 Å². The summed E-state index contributed by atoms with van der Waals surface area (Å²) >= 11 is 0. The van der Waals surface area contributed by atoms with Crippen molar-refractivity contribution >= 4 is 43.4 Å². The van der Waals surface area contributed by atoms with E-state index in [9.17, 15) is 26.4 Å². The van der Waals surface area contributed by atoms with Crippen LogP contribution in [0.15, 0.2) is 72.8 Å². The Morgan fingerprint density at radius 3 is 2.33 bits per heavy atom. The Bertz CT molecular complexity index is 1680. The van der Waals surface area contributed by atoms with Crippen LogP contribution in [0, 0.1) is 0 Å². The molecule has 2 aliphatic rings. The van der Waals surface area contributed by atoms with Gasteiger partial charge in [-0.05, 0) is 59.5 Å². The lowest BCUT2D eigenvalue weighted by Gasteiger charge is -2.26. The van der Waals surface area contributed by atoms with Crippen LogP contribution in [0.25, 0.3) is 0 Å². The van der Waals surface area contributed by atoms with Gasteiger partial charge in [0.15, 0.2) is 9.84 Å². The van der Waals surface area contributed by atoms with Gasteiger partial charge in [-0.15, -0.1) is 0 Å². The molecule has 1 fully saturated rings. The Hall–Kier alpha value is -4.10. The number of methoxy groups -OCH3 is 1. The molecule has 3 aromatic rings. The van der Waals surface area contributed by atoms with Crippen molar-refractivity contribution in [1.82, 2.24) is 10.0 Å². The summed E-state index contributed by atoms with van der Waals surface area (Å²) in [7, 11) is -4.56. The van der Waals surface area contributed by atoms with Gasteiger partial charge < -0.3 is 15.0 Å². The monoisotopic (exact) mass is 584 g/mol. The van der Waals surface area contributed by atoms with Crippen LogP contribution in [0.2, 0.25) is 0 Å². The number of hydrogen-bond donors (Lipinski definition) is 3. The minimum atomic E-state index is -4.41. The summed E-state index contributed by atoms with van der Waals surface area (Å²) in [6.07, 6.45) is 0.274. The molecule has 0 aromatic heterocycles. The van der Waals surface area contributed by atoms with Crippen LogP contribution >= 0.6 is 0 Å². The molecule has 1 heterocycles. The average Bonchev–Trinajstić information content (AvgIpc) is 3.54. The molecule has 0 spiro atoms. The van der Waals surface area contributed by atoms with Gasteiger partial charge in [-0.3, -0.25) is 9.52 Å². The molecule has 2 unspecified atom stereocenters. The summed E-state index contributed by atoms with van der Waals surface area (Å²) in [6, 6.07) is 19.3. The molecule has 2 atom stereocenters. The number of urea groups is 1. The standard InChI is InChI=1S/C27H28N4O7S2/c1-31(22-10-12-23(38-2)13-11-22)25(32)27(15-24(27)18-6-4-3-5-7-18)28-26(33)30-40(36,37)29-21-9-8-19-16-39(34,35)17-20(19)14-21/h3-14,24,29H,15-17H2,1-2H3,(H2,28,30,33). The summed E-state index contributed by atoms with van der Waals surface area (Å²) < 4.78 is 58.6. The van der Waals surface area contributed by atoms with Crippen LogP contribution in [-0.2, 0) is 36.3 Å². The number of benzene rings is 3. The molecule has 3 aromatic carbocycles. The minimum Gasteiger partial charge on any atom is -0.497 e. The first-order valence-electron chi connectivity index (χ1n) is 12.3. The van der Waals surface area contributed by atoms with Crippen molar-refractivity contribution in [3.05, 3.63) is 89.5 Å². The number of nitrogens with zero attached hydrogens (tertiary/aromatic N) is 1. The minimum absolute atomic E-state index is 0.0975. The summed E-state index contributed by atoms with van der Waals surface area (Å²) in [6.45, 7) is 0. The van der Waals surface area contributed by atoms with Crippen molar-refractivity contribution < 1.29 is 31.2 Å². The van der Waals surface area contributed by atoms with E-state index in [1.54, 1.807) is 31.3 Å². The van der Waals surface area contributed by atoms with Gasteiger partial charge >= 0.3 is 16.2 Å². The molecule has 13 heteroatoms. The number of amides is 3. The van der Waals surface area contributed by atoms with E-state index in [0.717, 1.165) is 5.56 Å². The van der Waals surface area contributed by atoms with Gasteiger partial charge in [0.05, 0.1) is 24.3 Å². The second-order valence-corrected chi connectivity index (χ2v) is 13.4. The van der Waals surface area contributed by atoms with E-state index in [1.807, 2.05) is 35.1 Å². The third-order valence-electron chi connectivity index (χ3n) is 7.08. The lowest BCUT2D eigenvalue weighted by atomic mass is 10.0. The van der Waals surface area contributed by atoms with Crippen LogP contribution in [0.1, 0.15) is 29.0 Å². The fraction of sp³-hybridized carbons (Fsp3) is 0.259. The summed E-state index contributed by atoms with van der Waals surface area (Å²) in [5.41, 5.74) is 1.23. The molecule has 0 bridgehead atoms. The molecule has 5 rings (SSSR count). The van der Waals surface area contributed by atoms with Gasteiger partial charge in [0.1, 0.15) is 11.3 Å². The Morgan fingerprint density at radius 2 is 1.65 bits per heavy atom. The molecule has 1 aliphatic carbocycles. The first kappa shape index (κ1) is 27.5. The predicted octanol–water partition coefficient (Wildman–Crippen LogP) is 2.67. The Labute approximate surface area is 232 Å². The van der Waals surface area contributed by atoms with Gasteiger partial charge in [0.25, 0.3) is 5.91 Å². The summed E-state index contributed by atoms with van der Waals surface area (Å²) in [5, 5.41) is 2.62. The first-order valence-corrected chi connectivity index (χ1v) is 15.6. The zero-order valence-electron chi connectivity index (χ0n) is 21.7. The highest BCUT2D eigenvalue weighted by Gasteiger charge is 2.63. The van der Waals surface area contributed by atoms with Gasteiger partial charge in [0, 0.05) is 18.7 Å². The van der Waals surface area contributed by atoms with Crippen LogP contribution in [0.4, 0.5) is 16.2 Å². The maximum Gasteiger partial charge on any atom is 0.330 e. The molecular formula is C27H28N4O7S2. The fourth-order valence-electron chi connectivity index (χ4n) is 5.02. The van der Waals surface area contributed by atoms with Crippen molar-refractivity contribution in [1.29, 1.82) is 0 Å². The van der Waals surface area contributed by atoms with E-state index in [2.05, 4.69) is 10.0 Å². The number of sulfone groups is 1. The lowest BCUT2D eigenvalue weighted by Crippen LogP contribution is -2.55. The second kappa shape index (κ2) is 10.1. The fourth-order valence-corrected chi connectivity index (χ4v) is 7.40. The van der Waals surface area contributed by atoms with Crippen LogP contribution in [-0.4, -0.2) is 48.5 Å². The number of likely N-dealkylation sites (N-methyl/N-ethyl adjacent to an activating group) is 1. The molecule has 1 saturated carbocycles. The third-order valence-corrected chi connectivity index (χ3v) is 9.54. The van der Waals surface area contributed by atoms with Gasteiger partial charge in [-0.1, -0.05) is 36.4 Å². The van der Waals surface area contributed by atoms with Gasteiger partial charge in [-0.25, -0.2) is 17.9 Å². The molecule has 0 saturated heterocycles. The molecule has 0 radical (unpaired) electrons. The van der Waals surface area contributed by atoms with E-state index < -0.39 is 37.5 Å². The highest BCUT2D eigenvalue weighted by atomic mass is 32.2. The molecule has 1 aliphatic heterocycles. The Balaban J connectivity index is 1.33. The van der Waals surface area contributed by atoms with E-state index in [4.69, 9.17) is 4.74 Å². The number of carbonyl (C=O) groups excluding carboxylic acids is 2. The SMILES string of the molecule is COc1ccc(N(C)C(=O)C2(NC(=O)NS(=O)(=O)Nc3ccc4c(c3)CS(=O)(=O)C4)CC2c2ccccc2)cc1. The van der Waals surface area contributed by atoms with Crippen molar-refractivity contribution in [2.24, 2.45) is 0 Å². The largest absolute Gasteiger partial charge is 0.497 e. The number of fused-ring (bicyclic) bond motifs is 1. The number of anilines is 2. The first-order chi connectivity index (χ1) is 18.9. The van der Waals surface area contributed by atoms with Gasteiger partial charge in [0.2, 0.25) is 0 Å². The van der Waals surface area contributed by atoms with Crippen molar-refractivity contribution in [3.63, 3.8) is 0 Å². The van der Waals surface area contributed by atoms with Crippen molar-refractivity contribution in [3.8, 4) is 5.75 Å². The molecule has 210 valence electrons. The zero-order chi connectivity index (χ0) is 28.7. The van der Waals surface area contributed by atoms with Crippen molar-refractivity contribution in [2.75, 3.05) is 23.8 Å². The van der Waals surface area contributed by atoms with Crippen LogP contribution in [0.3, 0.4) is 0 Å². The molecule has 11 nitrogen and oxygen atoms in total. The quantitative estimate of drug-likeness (QED) is 0.368. The maximum atomic E-state index is 13.8. The normalized spacial score (nSPS) is 20.6. The molecule has 3 amide bonds. The number of rotatable bonds is 8. The smallest absolute Gasteiger partial charge is 0.330 e. The molecule has 3 N–H and O–H groups in total. The second-order valence-electron chi connectivity index (χ2n) is 9.88. The summed E-state index contributed by atoms with van der Waals surface area (Å²) in [4.78, 5) is 28.2. The Kier molecular flexibility index (Phi) is 6.96. The van der Waals surface area contributed by atoms with Crippen LogP contribution < -0.4 is 24.4 Å². The third kappa shape index (κ3) is 5.61. The van der Waals surface area contributed by atoms with Crippen molar-refractivity contribution in [2.45, 2.75) is 29.4 Å². The number of hydrogen-bond acceptors (Lipinski definition) is 7. The van der Waals surface area contributed by atoms with E-state index in [-0.39, 0.29) is 29.5 Å². The molecule has 40 heavy (non-hydrogen) atoms. The lowest BCUT2D eigenvalue weighted by molar-refractivity contribution is -0.121. The maximum absolute atomic E-state index is 13.8. The van der Waals surface area contributed by atoms with Crippen LogP contribution in [0.5, 0.6) is 5.75 Å². The Morgan fingerprint density at radius 1 is 0.975 bits per heavy atom. The number of ether oxygens (including phenoxy) is 1. The van der Waals surface area contributed by atoms with E-state index in [1.165, 1.54) is 30.2 Å². The highest BCUT2D eigenvalue weighted by molar-refractivity contribution is 7.91. The zero-order valence-corrected chi connectivity index (χ0v) is 23.4. The number of nitrogens with one attached hydrogen (secondary N) is 3. The molecular weight excluding hydrogens is 556 g/mol. The van der Waals surface area contributed by atoms with E-state index in [0.29, 0.717) is 22.6 Å². The van der Waals surface area contributed by atoms with Gasteiger partial charge in [-0.2, -0.15) is 8.42 Å². The highest BCUT2D eigenvalue weighted by Crippen LogP contribution is 2.52. The van der Waals surface area contributed by atoms with E-state index >= 15 is 0 Å².